The van der Waals surface area contributed by atoms with Crippen LogP contribution in [0.15, 0.2) is 41.5 Å². The number of aromatic nitrogens is 2. The third-order valence-corrected chi connectivity index (χ3v) is 4.25. The first-order valence-electron chi connectivity index (χ1n) is 8.28. The molecule has 6 nitrogen and oxygen atoms in total. The lowest BCUT2D eigenvalue weighted by atomic mass is 10.1. The van der Waals surface area contributed by atoms with Crippen LogP contribution in [0.3, 0.4) is 0 Å². The minimum absolute atomic E-state index is 0.0506. The summed E-state index contributed by atoms with van der Waals surface area (Å²) in [5.74, 6) is -0.464. The zero-order valence-electron chi connectivity index (χ0n) is 13.8. The average Bonchev–Trinajstić information content (AvgIpc) is 2.62. The maximum Gasteiger partial charge on any atom is 0.250 e. The quantitative estimate of drug-likeness (QED) is 0.887. The number of nitrogens with one attached hydrogen (secondary N) is 1. The summed E-state index contributed by atoms with van der Waals surface area (Å²) in [6.07, 6.45) is 2.59. The molecular weight excluding hydrogens is 325 g/mol. The van der Waals surface area contributed by atoms with Crippen molar-refractivity contribution in [3.05, 3.63) is 64.1 Å². The molecular formula is C18H20FN3O3. The first kappa shape index (κ1) is 17.3. The predicted molar refractivity (Wildman–Crippen MR) is 89.6 cm³/mol. The number of carbonyl (C=O) groups is 1. The summed E-state index contributed by atoms with van der Waals surface area (Å²) in [4.78, 5) is 32.0. The van der Waals surface area contributed by atoms with Crippen LogP contribution in [0, 0.1) is 5.82 Å². The van der Waals surface area contributed by atoms with Crippen LogP contribution in [0.25, 0.3) is 0 Å². The summed E-state index contributed by atoms with van der Waals surface area (Å²) in [6, 6.07) is 7.78. The van der Waals surface area contributed by atoms with E-state index in [9.17, 15) is 14.0 Å². The molecule has 1 aromatic heterocycles. The Morgan fingerprint density at radius 3 is 3.04 bits per heavy atom. The highest BCUT2D eigenvalue weighted by atomic mass is 19.1. The largest absolute Gasteiger partial charge is 0.375 e. The second-order valence-electron chi connectivity index (χ2n) is 6.04. The van der Waals surface area contributed by atoms with E-state index in [0.717, 1.165) is 0 Å². The summed E-state index contributed by atoms with van der Waals surface area (Å²) in [7, 11) is 0. The Morgan fingerprint density at radius 1 is 1.40 bits per heavy atom. The van der Waals surface area contributed by atoms with Crippen LogP contribution in [0.5, 0.6) is 0 Å². The minimum Gasteiger partial charge on any atom is -0.375 e. The van der Waals surface area contributed by atoms with Gasteiger partial charge in [-0.3, -0.25) is 9.59 Å². The SMILES string of the molecule is O=C(Cc1ccccc1F)N1CCO[C@@H](CCc2cc(=O)[nH]cn2)C1. The zero-order valence-corrected chi connectivity index (χ0v) is 13.8. The van der Waals surface area contributed by atoms with Crippen molar-refractivity contribution in [3.63, 3.8) is 0 Å². The number of hydrogen-bond donors (Lipinski definition) is 1. The lowest BCUT2D eigenvalue weighted by molar-refractivity contribution is -0.138. The molecule has 0 unspecified atom stereocenters. The second kappa shape index (κ2) is 8.02. The van der Waals surface area contributed by atoms with Gasteiger partial charge in [0.2, 0.25) is 5.91 Å². The lowest BCUT2D eigenvalue weighted by Gasteiger charge is -2.33. The maximum atomic E-state index is 13.7. The number of nitrogens with zero attached hydrogens (tertiary/aromatic N) is 2. The van der Waals surface area contributed by atoms with Crippen LogP contribution in [0.2, 0.25) is 0 Å². The van der Waals surface area contributed by atoms with Gasteiger partial charge >= 0.3 is 0 Å². The Kier molecular flexibility index (Phi) is 5.55. The highest BCUT2D eigenvalue weighted by Gasteiger charge is 2.24. The van der Waals surface area contributed by atoms with E-state index in [-0.39, 0.29) is 29.8 Å². The molecule has 0 radical (unpaired) electrons. The van der Waals surface area contributed by atoms with Crippen molar-refractivity contribution in [3.8, 4) is 0 Å². The summed E-state index contributed by atoms with van der Waals surface area (Å²) >= 11 is 0. The van der Waals surface area contributed by atoms with Gasteiger partial charge < -0.3 is 14.6 Å². The number of carbonyl (C=O) groups excluding carboxylic acids is 1. The molecule has 1 N–H and O–H groups in total. The monoisotopic (exact) mass is 345 g/mol. The average molecular weight is 345 g/mol. The van der Waals surface area contributed by atoms with E-state index < -0.39 is 0 Å². The smallest absolute Gasteiger partial charge is 0.250 e. The maximum absolute atomic E-state index is 13.7. The molecule has 1 aromatic carbocycles. The fourth-order valence-corrected chi connectivity index (χ4v) is 2.89. The van der Waals surface area contributed by atoms with Crippen LogP contribution in [-0.4, -0.2) is 46.6 Å². The van der Waals surface area contributed by atoms with E-state index in [1.165, 1.54) is 18.5 Å². The molecule has 1 aliphatic rings. The fraction of sp³-hybridized carbons (Fsp3) is 0.389. The van der Waals surface area contributed by atoms with E-state index in [2.05, 4.69) is 9.97 Å². The number of rotatable bonds is 5. The van der Waals surface area contributed by atoms with Crippen molar-refractivity contribution in [2.45, 2.75) is 25.4 Å². The molecule has 0 saturated carbocycles. The molecule has 3 rings (SSSR count). The van der Waals surface area contributed by atoms with Gasteiger partial charge in [-0.05, 0) is 24.5 Å². The van der Waals surface area contributed by atoms with Gasteiger partial charge in [0.05, 0.1) is 25.5 Å². The van der Waals surface area contributed by atoms with E-state index in [0.29, 0.717) is 43.8 Å². The van der Waals surface area contributed by atoms with Crippen molar-refractivity contribution >= 4 is 5.91 Å². The molecule has 7 heteroatoms. The normalized spacial score (nSPS) is 17.5. The number of hydrogen-bond acceptors (Lipinski definition) is 4. The van der Waals surface area contributed by atoms with E-state index in [1.54, 1.807) is 23.1 Å². The molecule has 25 heavy (non-hydrogen) atoms. The lowest BCUT2D eigenvalue weighted by Crippen LogP contribution is -2.46. The number of aromatic amines is 1. The Morgan fingerprint density at radius 2 is 2.24 bits per heavy atom. The van der Waals surface area contributed by atoms with Crippen molar-refractivity contribution in [2.24, 2.45) is 0 Å². The van der Waals surface area contributed by atoms with Gasteiger partial charge in [-0.25, -0.2) is 9.37 Å². The topological polar surface area (TPSA) is 75.3 Å². The van der Waals surface area contributed by atoms with E-state index in [1.807, 2.05) is 0 Å². The first-order chi connectivity index (χ1) is 12.1. The van der Waals surface area contributed by atoms with Gasteiger partial charge in [-0.1, -0.05) is 18.2 Å². The number of H-pyrrole nitrogens is 1. The van der Waals surface area contributed by atoms with Crippen LogP contribution < -0.4 is 5.56 Å². The van der Waals surface area contributed by atoms with Gasteiger partial charge in [0.1, 0.15) is 5.82 Å². The van der Waals surface area contributed by atoms with Crippen LogP contribution in [-0.2, 0) is 22.4 Å². The van der Waals surface area contributed by atoms with Crippen molar-refractivity contribution in [1.29, 1.82) is 0 Å². The molecule has 1 amide bonds. The highest BCUT2D eigenvalue weighted by Crippen LogP contribution is 2.14. The molecule has 132 valence electrons. The second-order valence-corrected chi connectivity index (χ2v) is 6.04. The molecule has 2 heterocycles. The molecule has 0 aliphatic carbocycles. The number of amides is 1. The van der Waals surface area contributed by atoms with Crippen molar-refractivity contribution < 1.29 is 13.9 Å². The van der Waals surface area contributed by atoms with Gasteiger partial charge in [-0.15, -0.1) is 0 Å². The Balaban J connectivity index is 1.54. The number of ether oxygens (including phenoxy) is 1. The molecule has 0 bridgehead atoms. The third-order valence-electron chi connectivity index (χ3n) is 4.25. The number of halogens is 1. The van der Waals surface area contributed by atoms with Crippen LogP contribution >= 0.6 is 0 Å². The standard InChI is InChI=1S/C18H20FN3O3/c19-16-4-2-1-3-13(16)9-18(24)22-7-8-25-15(11-22)6-5-14-10-17(23)21-12-20-14/h1-4,10,12,15H,5-9,11H2,(H,20,21,23)/t15-/m0/s1. The first-order valence-corrected chi connectivity index (χ1v) is 8.28. The summed E-state index contributed by atoms with van der Waals surface area (Å²) in [5, 5.41) is 0. The number of morpholine rings is 1. The van der Waals surface area contributed by atoms with Gasteiger partial charge in [0.25, 0.3) is 5.56 Å². The Labute approximate surface area is 144 Å². The summed E-state index contributed by atoms with van der Waals surface area (Å²) in [5.41, 5.74) is 0.918. The van der Waals surface area contributed by atoms with Crippen LogP contribution in [0.4, 0.5) is 4.39 Å². The Hall–Kier alpha value is -2.54. The van der Waals surface area contributed by atoms with Crippen molar-refractivity contribution in [1.82, 2.24) is 14.9 Å². The van der Waals surface area contributed by atoms with Gasteiger partial charge in [0.15, 0.2) is 0 Å². The molecule has 1 aliphatic heterocycles. The molecule has 1 atom stereocenters. The fourth-order valence-electron chi connectivity index (χ4n) is 2.89. The van der Waals surface area contributed by atoms with Crippen molar-refractivity contribution in [2.75, 3.05) is 19.7 Å². The summed E-state index contributed by atoms with van der Waals surface area (Å²) in [6.45, 7) is 1.43. The summed E-state index contributed by atoms with van der Waals surface area (Å²) < 4.78 is 19.4. The minimum atomic E-state index is -0.360. The van der Waals surface area contributed by atoms with Crippen LogP contribution in [0.1, 0.15) is 17.7 Å². The third kappa shape index (κ3) is 4.73. The molecule has 0 spiro atoms. The Bertz CT molecular complexity index is 793. The predicted octanol–water partition coefficient (Wildman–Crippen LogP) is 1.31. The zero-order chi connectivity index (χ0) is 17.6. The van der Waals surface area contributed by atoms with E-state index >= 15 is 0 Å². The van der Waals surface area contributed by atoms with Gasteiger partial charge in [-0.2, -0.15) is 0 Å². The highest BCUT2D eigenvalue weighted by molar-refractivity contribution is 5.79. The molecule has 1 fully saturated rings. The number of aryl methyl sites for hydroxylation is 1. The van der Waals surface area contributed by atoms with E-state index in [4.69, 9.17) is 4.74 Å². The number of benzene rings is 1. The van der Waals surface area contributed by atoms with Gasteiger partial charge in [0, 0.05) is 24.8 Å². The molecule has 1 saturated heterocycles. The molecule has 2 aromatic rings.